The molecule has 17 heavy (non-hydrogen) atoms. The van der Waals surface area contributed by atoms with Crippen molar-refractivity contribution in [1.29, 1.82) is 0 Å². The molecule has 0 amide bonds. The van der Waals surface area contributed by atoms with E-state index in [9.17, 15) is 8.78 Å². The topological polar surface area (TPSA) is 35.2 Å². The molecule has 2 aromatic carbocycles. The van der Waals surface area contributed by atoms with Crippen LogP contribution in [0.25, 0.3) is 0 Å². The van der Waals surface area contributed by atoms with Crippen molar-refractivity contribution in [2.45, 2.75) is 6.61 Å². The molecule has 88 valence electrons. The van der Waals surface area contributed by atoms with E-state index in [1.165, 1.54) is 12.1 Å². The zero-order valence-corrected chi connectivity index (χ0v) is 8.99. The standard InChI is InChI=1S/C13H11F2NO/c14-10-4-9(5-11(15)6-10)8-17-13-3-1-2-12(16)7-13/h1-7H,8,16H2. The Kier molecular flexibility index (Phi) is 3.23. The number of benzene rings is 2. The van der Waals surface area contributed by atoms with Crippen molar-refractivity contribution in [2.24, 2.45) is 0 Å². The highest BCUT2D eigenvalue weighted by Crippen LogP contribution is 2.17. The van der Waals surface area contributed by atoms with Gasteiger partial charge < -0.3 is 10.5 Å². The molecule has 0 fully saturated rings. The molecule has 0 saturated carbocycles. The van der Waals surface area contributed by atoms with Gasteiger partial charge in [0.05, 0.1) is 0 Å². The Bertz CT molecular complexity index is 508. The number of ether oxygens (including phenoxy) is 1. The Morgan fingerprint density at radius 3 is 2.35 bits per heavy atom. The van der Waals surface area contributed by atoms with Crippen molar-refractivity contribution in [1.82, 2.24) is 0 Å². The van der Waals surface area contributed by atoms with E-state index in [1.54, 1.807) is 24.3 Å². The molecule has 0 aromatic heterocycles. The lowest BCUT2D eigenvalue weighted by Gasteiger charge is -2.07. The first kappa shape index (κ1) is 11.4. The predicted molar refractivity (Wildman–Crippen MR) is 61.5 cm³/mol. The molecule has 2 N–H and O–H groups in total. The Hall–Kier alpha value is -2.10. The van der Waals surface area contributed by atoms with Crippen molar-refractivity contribution in [2.75, 3.05) is 5.73 Å². The minimum Gasteiger partial charge on any atom is -0.489 e. The molecular formula is C13H11F2NO. The molecule has 2 rings (SSSR count). The molecular weight excluding hydrogens is 224 g/mol. The second-order valence-corrected chi connectivity index (χ2v) is 3.64. The van der Waals surface area contributed by atoms with Gasteiger partial charge in [-0.25, -0.2) is 8.78 Å². The maximum Gasteiger partial charge on any atom is 0.126 e. The van der Waals surface area contributed by atoms with E-state index < -0.39 is 11.6 Å². The summed E-state index contributed by atoms with van der Waals surface area (Å²) >= 11 is 0. The Balaban J connectivity index is 2.07. The van der Waals surface area contributed by atoms with Gasteiger partial charge in [0.2, 0.25) is 0 Å². The van der Waals surface area contributed by atoms with Crippen molar-refractivity contribution in [3.63, 3.8) is 0 Å². The summed E-state index contributed by atoms with van der Waals surface area (Å²) in [5.41, 5.74) is 6.59. The average Bonchev–Trinajstić information content (AvgIpc) is 2.25. The molecule has 0 aliphatic heterocycles. The van der Waals surface area contributed by atoms with E-state index in [0.717, 1.165) is 6.07 Å². The van der Waals surface area contributed by atoms with Crippen LogP contribution in [0.2, 0.25) is 0 Å². The van der Waals surface area contributed by atoms with Gasteiger partial charge in [-0.3, -0.25) is 0 Å². The number of halogens is 2. The highest BCUT2D eigenvalue weighted by atomic mass is 19.1. The van der Waals surface area contributed by atoms with Crippen LogP contribution in [0.1, 0.15) is 5.56 Å². The van der Waals surface area contributed by atoms with Crippen LogP contribution in [-0.2, 0) is 6.61 Å². The fourth-order valence-corrected chi connectivity index (χ4v) is 1.47. The highest BCUT2D eigenvalue weighted by molar-refractivity contribution is 5.43. The van der Waals surface area contributed by atoms with Crippen LogP contribution in [-0.4, -0.2) is 0 Å². The third kappa shape index (κ3) is 3.17. The maximum absolute atomic E-state index is 12.9. The van der Waals surface area contributed by atoms with E-state index in [-0.39, 0.29) is 6.61 Å². The van der Waals surface area contributed by atoms with Gasteiger partial charge in [-0.1, -0.05) is 6.07 Å². The molecule has 2 aromatic rings. The van der Waals surface area contributed by atoms with Crippen LogP contribution in [0, 0.1) is 11.6 Å². The smallest absolute Gasteiger partial charge is 0.126 e. The minimum absolute atomic E-state index is 0.0954. The number of nitrogen functional groups attached to an aromatic ring is 1. The fourth-order valence-electron chi connectivity index (χ4n) is 1.47. The second-order valence-electron chi connectivity index (χ2n) is 3.64. The molecule has 0 aliphatic carbocycles. The Morgan fingerprint density at radius 1 is 1.00 bits per heavy atom. The quantitative estimate of drug-likeness (QED) is 0.829. The monoisotopic (exact) mass is 235 g/mol. The van der Waals surface area contributed by atoms with E-state index in [2.05, 4.69) is 0 Å². The van der Waals surface area contributed by atoms with E-state index in [4.69, 9.17) is 10.5 Å². The first-order chi connectivity index (χ1) is 8.13. The lowest BCUT2D eigenvalue weighted by atomic mass is 10.2. The number of rotatable bonds is 3. The molecule has 0 saturated heterocycles. The van der Waals surface area contributed by atoms with Gasteiger partial charge in [0.1, 0.15) is 24.0 Å². The Morgan fingerprint density at radius 2 is 1.71 bits per heavy atom. The van der Waals surface area contributed by atoms with Gasteiger partial charge >= 0.3 is 0 Å². The largest absolute Gasteiger partial charge is 0.489 e. The summed E-state index contributed by atoms with van der Waals surface area (Å²) in [5, 5.41) is 0. The summed E-state index contributed by atoms with van der Waals surface area (Å²) in [5.74, 6) is -0.665. The van der Waals surface area contributed by atoms with E-state index in [0.29, 0.717) is 17.0 Å². The predicted octanol–water partition coefficient (Wildman–Crippen LogP) is 3.13. The molecule has 0 spiro atoms. The summed E-state index contributed by atoms with van der Waals surface area (Å²) in [6.45, 7) is 0.0954. The van der Waals surface area contributed by atoms with Crippen molar-refractivity contribution < 1.29 is 13.5 Å². The fraction of sp³-hybridized carbons (Fsp3) is 0.0769. The molecule has 0 bridgehead atoms. The first-order valence-electron chi connectivity index (χ1n) is 5.07. The molecule has 0 atom stereocenters. The van der Waals surface area contributed by atoms with Crippen molar-refractivity contribution in [3.8, 4) is 5.75 Å². The van der Waals surface area contributed by atoms with Crippen LogP contribution < -0.4 is 10.5 Å². The van der Waals surface area contributed by atoms with Gasteiger partial charge in [0.15, 0.2) is 0 Å². The van der Waals surface area contributed by atoms with Crippen LogP contribution in [0.4, 0.5) is 14.5 Å². The van der Waals surface area contributed by atoms with Gasteiger partial charge in [-0.15, -0.1) is 0 Å². The third-order valence-corrected chi connectivity index (χ3v) is 2.19. The Labute approximate surface area is 97.6 Å². The van der Waals surface area contributed by atoms with Crippen LogP contribution >= 0.6 is 0 Å². The maximum atomic E-state index is 12.9. The third-order valence-electron chi connectivity index (χ3n) is 2.19. The highest BCUT2D eigenvalue weighted by Gasteiger charge is 2.01. The lowest BCUT2D eigenvalue weighted by Crippen LogP contribution is -1.97. The first-order valence-corrected chi connectivity index (χ1v) is 5.07. The van der Waals surface area contributed by atoms with Crippen LogP contribution in [0.15, 0.2) is 42.5 Å². The molecule has 4 heteroatoms. The van der Waals surface area contributed by atoms with Crippen LogP contribution in [0.5, 0.6) is 5.75 Å². The summed E-state index contributed by atoms with van der Waals surface area (Å²) in [4.78, 5) is 0. The normalized spacial score (nSPS) is 10.2. The lowest BCUT2D eigenvalue weighted by molar-refractivity contribution is 0.305. The number of hydrogen-bond donors (Lipinski definition) is 1. The van der Waals surface area contributed by atoms with Gasteiger partial charge in [0, 0.05) is 17.8 Å². The van der Waals surface area contributed by atoms with Gasteiger partial charge in [0.25, 0.3) is 0 Å². The zero-order chi connectivity index (χ0) is 12.3. The van der Waals surface area contributed by atoms with Crippen molar-refractivity contribution >= 4 is 5.69 Å². The van der Waals surface area contributed by atoms with E-state index >= 15 is 0 Å². The molecule has 0 heterocycles. The summed E-state index contributed by atoms with van der Waals surface area (Å²) in [6.07, 6.45) is 0. The number of hydrogen-bond acceptors (Lipinski definition) is 2. The molecule has 0 unspecified atom stereocenters. The zero-order valence-electron chi connectivity index (χ0n) is 8.99. The molecule has 0 radical (unpaired) electrons. The summed E-state index contributed by atoms with van der Waals surface area (Å²) in [7, 11) is 0. The summed E-state index contributed by atoms with van der Waals surface area (Å²) < 4.78 is 31.2. The SMILES string of the molecule is Nc1cccc(OCc2cc(F)cc(F)c2)c1. The van der Waals surface area contributed by atoms with Gasteiger partial charge in [-0.05, 0) is 29.8 Å². The average molecular weight is 235 g/mol. The molecule has 2 nitrogen and oxygen atoms in total. The summed E-state index contributed by atoms with van der Waals surface area (Å²) in [6, 6.07) is 10.1. The second kappa shape index (κ2) is 4.82. The number of anilines is 1. The van der Waals surface area contributed by atoms with Crippen molar-refractivity contribution in [3.05, 3.63) is 59.7 Å². The van der Waals surface area contributed by atoms with E-state index in [1.807, 2.05) is 0 Å². The minimum atomic E-state index is -0.615. The van der Waals surface area contributed by atoms with Gasteiger partial charge in [-0.2, -0.15) is 0 Å². The molecule has 0 aliphatic rings. The van der Waals surface area contributed by atoms with Crippen LogP contribution in [0.3, 0.4) is 0 Å². The number of nitrogens with two attached hydrogens (primary N) is 1.